The van der Waals surface area contributed by atoms with Gasteiger partial charge in [0.15, 0.2) is 11.7 Å². The molecule has 2 aromatic rings. The molecule has 4 rings (SSSR count). The van der Waals surface area contributed by atoms with E-state index in [-0.39, 0.29) is 12.5 Å². The highest BCUT2D eigenvalue weighted by Crippen LogP contribution is 2.53. The van der Waals surface area contributed by atoms with E-state index in [9.17, 15) is 9.59 Å². The molecule has 5 heteroatoms. The Labute approximate surface area is 139 Å². The number of rotatable bonds is 2. The van der Waals surface area contributed by atoms with Gasteiger partial charge in [0, 0.05) is 5.56 Å². The van der Waals surface area contributed by atoms with Crippen LogP contribution in [0.1, 0.15) is 24.1 Å². The Kier molecular flexibility index (Phi) is 3.30. The van der Waals surface area contributed by atoms with Crippen molar-refractivity contribution in [1.29, 1.82) is 0 Å². The molecule has 2 atom stereocenters. The summed E-state index contributed by atoms with van der Waals surface area (Å²) in [6.45, 7) is 3.97. The first-order valence-corrected chi connectivity index (χ1v) is 7.99. The van der Waals surface area contributed by atoms with E-state index < -0.39 is 17.9 Å². The van der Waals surface area contributed by atoms with Crippen LogP contribution in [0.4, 0.5) is 5.69 Å². The lowest BCUT2D eigenvalue weighted by Crippen LogP contribution is -2.58. The largest absolute Gasteiger partial charge is 0.465 e. The Bertz CT molecular complexity index is 845. The fourth-order valence-electron chi connectivity index (χ4n) is 3.39. The van der Waals surface area contributed by atoms with Gasteiger partial charge in [-0.05, 0) is 32.0 Å². The first-order valence-electron chi connectivity index (χ1n) is 7.99. The van der Waals surface area contributed by atoms with Crippen LogP contribution in [0.3, 0.4) is 0 Å². The summed E-state index contributed by atoms with van der Waals surface area (Å²) >= 11 is 0. The molecule has 1 saturated heterocycles. The van der Waals surface area contributed by atoms with Crippen LogP contribution >= 0.6 is 0 Å². The number of amides is 1. The van der Waals surface area contributed by atoms with Gasteiger partial charge in [-0.2, -0.15) is 0 Å². The van der Waals surface area contributed by atoms with Crippen LogP contribution in [-0.2, 0) is 14.3 Å². The summed E-state index contributed by atoms with van der Waals surface area (Å²) in [5.41, 5.74) is 2.57. The molecular formula is C19H17NO4. The average Bonchev–Trinajstić information content (AvgIpc) is 2.67. The molecular weight excluding hydrogens is 306 g/mol. The van der Waals surface area contributed by atoms with Crippen molar-refractivity contribution in [3.63, 3.8) is 0 Å². The molecule has 0 aromatic heterocycles. The van der Waals surface area contributed by atoms with Crippen molar-refractivity contribution in [1.82, 2.24) is 0 Å². The number of hydrogen-bond donors (Lipinski definition) is 0. The number of nitrogens with zero attached hydrogens (tertiary/aromatic N) is 1. The number of anilines is 1. The maximum absolute atomic E-state index is 12.7. The number of fused-ring (bicyclic) bond motifs is 5. The minimum atomic E-state index is -0.819. The molecule has 5 nitrogen and oxygen atoms in total. The minimum Gasteiger partial charge on any atom is -0.465 e. The number of β-lactam (4-membered cyclic amide) rings is 1. The van der Waals surface area contributed by atoms with E-state index in [2.05, 4.69) is 0 Å². The molecule has 0 saturated carbocycles. The van der Waals surface area contributed by atoms with Crippen molar-refractivity contribution in [3.8, 4) is 11.5 Å². The van der Waals surface area contributed by atoms with Crippen molar-refractivity contribution in [2.75, 3.05) is 11.5 Å². The minimum absolute atomic E-state index is 0.246. The first kappa shape index (κ1) is 14.8. The maximum atomic E-state index is 12.7. The fourth-order valence-corrected chi connectivity index (χ4v) is 3.39. The van der Waals surface area contributed by atoms with Crippen LogP contribution in [0.25, 0.3) is 0 Å². The van der Waals surface area contributed by atoms with Crippen LogP contribution < -0.4 is 9.64 Å². The molecule has 0 aliphatic carbocycles. The van der Waals surface area contributed by atoms with Crippen molar-refractivity contribution in [2.45, 2.75) is 19.9 Å². The normalized spacial score (nSPS) is 20.8. The summed E-state index contributed by atoms with van der Waals surface area (Å²) in [6, 6.07) is 12.8. The van der Waals surface area contributed by atoms with E-state index >= 15 is 0 Å². The molecule has 24 heavy (non-hydrogen) atoms. The van der Waals surface area contributed by atoms with Crippen molar-refractivity contribution in [3.05, 3.63) is 53.6 Å². The fraction of sp³-hybridized carbons (Fsp3) is 0.263. The van der Waals surface area contributed by atoms with Crippen LogP contribution in [0, 0.1) is 12.8 Å². The van der Waals surface area contributed by atoms with E-state index in [0.717, 1.165) is 11.1 Å². The van der Waals surface area contributed by atoms with E-state index in [1.54, 1.807) is 11.8 Å². The zero-order valence-electron chi connectivity index (χ0n) is 13.5. The number of aryl methyl sites for hydroxylation is 1. The molecule has 0 spiro atoms. The lowest BCUT2D eigenvalue weighted by Gasteiger charge is -2.44. The van der Waals surface area contributed by atoms with E-state index in [1.165, 1.54) is 0 Å². The van der Waals surface area contributed by atoms with Crippen molar-refractivity contribution in [2.24, 2.45) is 5.92 Å². The standard InChI is InChI=1S/C19H17NO4/c1-3-23-19(22)16-17-12-10-11(2)8-9-14(12)24-15-7-5-4-6-13(15)20(17)18(16)21/h4-10,16-17H,3H2,1-2H3/t16-,17-/m1/s1. The summed E-state index contributed by atoms with van der Waals surface area (Å²) in [5.74, 6) is -0.261. The topological polar surface area (TPSA) is 55.8 Å². The van der Waals surface area contributed by atoms with E-state index in [0.29, 0.717) is 17.2 Å². The summed E-state index contributed by atoms with van der Waals surface area (Å²) < 4.78 is 11.1. The molecule has 122 valence electrons. The van der Waals surface area contributed by atoms with Gasteiger partial charge in [0.05, 0.1) is 18.3 Å². The average molecular weight is 323 g/mol. The summed E-state index contributed by atoms with van der Waals surface area (Å²) in [5, 5.41) is 0. The predicted octanol–water partition coefficient (Wildman–Crippen LogP) is 3.37. The molecule has 2 aliphatic rings. The second-order valence-electron chi connectivity index (χ2n) is 5.99. The van der Waals surface area contributed by atoms with Gasteiger partial charge in [0.2, 0.25) is 5.91 Å². The number of para-hydroxylation sites is 2. The molecule has 1 fully saturated rings. The van der Waals surface area contributed by atoms with Crippen molar-refractivity contribution >= 4 is 17.6 Å². The zero-order valence-corrected chi connectivity index (χ0v) is 13.5. The number of carbonyl (C=O) groups is 2. The second kappa shape index (κ2) is 5.37. The molecule has 2 aliphatic heterocycles. The summed E-state index contributed by atoms with van der Waals surface area (Å²) in [4.78, 5) is 26.6. The Hall–Kier alpha value is -2.82. The third-order valence-corrected chi connectivity index (χ3v) is 4.47. The summed E-state index contributed by atoms with van der Waals surface area (Å²) in [7, 11) is 0. The lowest BCUT2D eigenvalue weighted by molar-refractivity contribution is -0.157. The smallest absolute Gasteiger partial charge is 0.321 e. The molecule has 2 heterocycles. The van der Waals surface area contributed by atoms with E-state index in [1.807, 2.05) is 49.4 Å². The molecule has 0 unspecified atom stereocenters. The maximum Gasteiger partial charge on any atom is 0.321 e. The Morgan fingerprint density at radius 1 is 1.21 bits per heavy atom. The molecule has 2 aromatic carbocycles. The van der Waals surface area contributed by atoms with Crippen LogP contribution in [0.15, 0.2) is 42.5 Å². The lowest BCUT2D eigenvalue weighted by atomic mass is 9.81. The van der Waals surface area contributed by atoms with E-state index in [4.69, 9.17) is 9.47 Å². The molecule has 0 N–H and O–H groups in total. The van der Waals surface area contributed by atoms with Gasteiger partial charge in [-0.1, -0.05) is 29.8 Å². The second-order valence-corrected chi connectivity index (χ2v) is 5.99. The Balaban J connectivity index is 1.88. The third kappa shape index (κ3) is 2.01. The van der Waals surface area contributed by atoms with Crippen LogP contribution in [0.5, 0.6) is 11.5 Å². The monoisotopic (exact) mass is 323 g/mol. The Morgan fingerprint density at radius 3 is 2.79 bits per heavy atom. The number of ether oxygens (including phenoxy) is 2. The summed E-state index contributed by atoms with van der Waals surface area (Å²) in [6.07, 6.45) is 0. The highest BCUT2D eigenvalue weighted by atomic mass is 16.5. The number of carbonyl (C=O) groups excluding carboxylic acids is 2. The Morgan fingerprint density at radius 2 is 2.00 bits per heavy atom. The van der Waals surface area contributed by atoms with Gasteiger partial charge in [-0.3, -0.25) is 14.5 Å². The SMILES string of the molecule is CCOC(=O)[C@H]1C(=O)N2c3ccccc3Oc3ccc(C)cc3[C@H]12. The first-order chi connectivity index (χ1) is 11.6. The quantitative estimate of drug-likeness (QED) is 0.483. The predicted molar refractivity (Wildman–Crippen MR) is 88.0 cm³/mol. The van der Waals surface area contributed by atoms with Crippen LogP contribution in [0.2, 0.25) is 0 Å². The van der Waals surface area contributed by atoms with Crippen LogP contribution in [-0.4, -0.2) is 18.5 Å². The molecule has 0 bridgehead atoms. The highest BCUT2D eigenvalue weighted by Gasteiger charge is 2.56. The van der Waals surface area contributed by atoms with Crippen molar-refractivity contribution < 1.29 is 19.1 Å². The van der Waals surface area contributed by atoms with Gasteiger partial charge in [-0.15, -0.1) is 0 Å². The molecule has 1 amide bonds. The number of esters is 1. The van der Waals surface area contributed by atoms with Gasteiger partial charge in [0.1, 0.15) is 5.75 Å². The zero-order chi connectivity index (χ0) is 16.8. The third-order valence-electron chi connectivity index (χ3n) is 4.47. The van der Waals surface area contributed by atoms with Gasteiger partial charge < -0.3 is 9.47 Å². The highest BCUT2D eigenvalue weighted by molar-refractivity contribution is 6.15. The van der Waals surface area contributed by atoms with Gasteiger partial charge in [0.25, 0.3) is 0 Å². The molecule has 0 radical (unpaired) electrons. The number of benzene rings is 2. The van der Waals surface area contributed by atoms with Gasteiger partial charge in [-0.25, -0.2) is 0 Å². The van der Waals surface area contributed by atoms with Gasteiger partial charge >= 0.3 is 5.97 Å². The number of hydrogen-bond acceptors (Lipinski definition) is 4.